The van der Waals surface area contributed by atoms with Gasteiger partial charge in [-0.2, -0.15) is 0 Å². The molecule has 0 amide bonds. The van der Waals surface area contributed by atoms with Crippen molar-refractivity contribution in [2.24, 2.45) is 0 Å². The molecule has 90 valence electrons. The monoisotopic (exact) mass is 232 g/mol. The van der Waals surface area contributed by atoms with Gasteiger partial charge in [0.1, 0.15) is 5.78 Å². The molecular formula is C14H16O3. The predicted octanol–water partition coefficient (Wildman–Crippen LogP) is 2.54. The molecular weight excluding hydrogens is 216 g/mol. The molecule has 17 heavy (non-hydrogen) atoms. The average molecular weight is 232 g/mol. The second-order valence-electron chi connectivity index (χ2n) is 4.65. The number of hydrogen-bond acceptors (Lipinski definition) is 2. The number of carboxylic acids is 1. The molecule has 0 spiro atoms. The van der Waals surface area contributed by atoms with Crippen LogP contribution in [-0.4, -0.2) is 16.9 Å². The summed E-state index contributed by atoms with van der Waals surface area (Å²) in [7, 11) is 0. The predicted molar refractivity (Wildman–Crippen MR) is 64.0 cm³/mol. The van der Waals surface area contributed by atoms with Gasteiger partial charge < -0.3 is 5.11 Å². The van der Waals surface area contributed by atoms with E-state index >= 15 is 0 Å². The molecule has 1 aromatic carbocycles. The molecule has 0 radical (unpaired) electrons. The Labute approximate surface area is 100 Å². The van der Waals surface area contributed by atoms with Gasteiger partial charge in [0, 0.05) is 12.8 Å². The number of carbonyl (C=O) groups is 2. The summed E-state index contributed by atoms with van der Waals surface area (Å²) in [5.41, 5.74) is 1.92. The van der Waals surface area contributed by atoms with Crippen LogP contribution in [0.1, 0.15) is 42.7 Å². The maximum absolute atomic E-state index is 11.4. The number of Topliss-reactive ketones (excluding diaryl/α,β-unsaturated/α-hetero) is 1. The van der Waals surface area contributed by atoms with Crippen molar-refractivity contribution in [3.05, 3.63) is 35.4 Å². The van der Waals surface area contributed by atoms with Crippen LogP contribution in [0.4, 0.5) is 0 Å². The molecule has 1 aliphatic rings. The van der Waals surface area contributed by atoms with Crippen LogP contribution in [0.3, 0.4) is 0 Å². The molecule has 3 heteroatoms. The van der Waals surface area contributed by atoms with E-state index in [1.807, 2.05) is 24.3 Å². The van der Waals surface area contributed by atoms with Crippen LogP contribution in [-0.2, 0) is 16.0 Å². The van der Waals surface area contributed by atoms with Crippen LogP contribution >= 0.6 is 0 Å². The molecule has 0 saturated heterocycles. The third kappa shape index (κ3) is 3.16. The first kappa shape index (κ1) is 11.8. The molecule has 1 aliphatic carbocycles. The van der Waals surface area contributed by atoms with Gasteiger partial charge in [-0.1, -0.05) is 24.3 Å². The largest absolute Gasteiger partial charge is 0.481 e. The highest BCUT2D eigenvalue weighted by atomic mass is 16.4. The third-order valence-corrected chi connectivity index (χ3v) is 3.26. The first-order valence-electron chi connectivity index (χ1n) is 5.97. The van der Waals surface area contributed by atoms with Gasteiger partial charge in [0.25, 0.3) is 0 Å². The number of hydrogen-bond donors (Lipinski definition) is 1. The van der Waals surface area contributed by atoms with Crippen LogP contribution in [0, 0.1) is 0 Å². The number of ketones is 1. The molecule has 1 N–H and O–H groups in total. The lowest BCUT2D eigenvalue weighted by Gasteiger charge is -2.21. The molecule has 0 aliphatic heterocycles. The first-order chi connectivity index (χ1) is 8.15. The Bertz CT molecular complexity index is 437. The average Bonchev–Trinajstić information content (AvgIpc) is 2.28. The van der Waals surface area contributed by atoms with Crippen LogP contribution in [0.25, 0.3) is 0 Å². The van der Waals surface area contributed by atoms with Gasteiger partial charge in [-0.25, -0.2) is 0 Å². The standard InChI is InChI=1S/C14H16O3/c15-13-6-2-5-12(9-13)11-4-1-3-10(7-11)8-14(16)17/h1,3-4,7,12H,2,5-6,8-9H2,(H,16,17). The summed E-state index contributed by atoms with van der Waals surface area (Å²) in [6.45, 7) is 0. The van der Waals surface area contributed by atoms with Crippen molar-refractivity contribution in [1.29, 1.82) is 0 Å². The molecule has 1 unspecified atom stereocenters. The van der Waals surface area contributed by atoms with Crippen molar-refractivity contribution in [2.75, 3.05) is 0 Å². The Morgan fingerprint density at radius 1 is 1.41 bits per heavy atom. The van der Waals surface area contributed by atoms with E-state index in [9.17, 15) is 9.59 Å². The Morgan fingerprint density at radius 2 is 2.24 bits per heavy atom. The van der Waals surface area contributed by atoms with E-state index in [2.05, 4.69) is 0 Å². The topological polar surface area (TPSA) is 54.4 Å². The van der Waals surface area contributed by atoms with E-state index < -0.39 is 5.97 Å². The molecule has 1 fully saturated rings. The molecule has 0 bridgehead atoms. The maximum atomic E-state index is 11.4. The van der Waals surface area contributed by atoms with Gasteiger partial charge in [0.2, 0.25) is 0 Å². The molecule has 1 aromatic rings. The summed E-state index contributed by atoms with van der Waals surface area (Å²) in [6.07, 6.45) is 3.34. The lowest BCUT2D eigenvalue weighted by atomic mass is 9.83. The Balaban J connectivity index is 2.14. The molecule has 0 aromatic heterocycles. The highest BCUT2D eigenvalue weighted by Crippen LogP contribution is 2.31. The minimum atomic E-state index is -0.818. The van der Waals surface area contributed by atoms with E-state index in [0.717, 1.165) is 24.0 Å². The van der Waals surface area contributed by atoms with Gasteiger partial charge in [-0.15, -0.1) is 0 Å². The second-order valence-corrected chi connectivity index (χ2v) is 4.65. The smallest absolute Gasteiger partial charge is 0.307 e. The third-order valence-electron chi connectivity index (χ3n) is 3.26. The summed E-state index contributed by atoms with van der Waals surface area (Å²) >= 11 is 0. The van der Waals surface area contributed by atoms with E-state index in [4.69, 9.17) is 5.11 Å². The summed E-state index contributed by atoms with van der Waals surface area (Å²) in [5.74, 6) is -0.211. The molecule has 1 saturated carbocycles. The Morgan fingerprint density at radius 3 is 2.94 bits per heavy atom. The zero-order valence-electron chi connectivity index (χ0n) is 9.69. The van der Waals surface area contributed by atoms with Crippen molar-refractivity contribution in [3.8, 4) is 0 Å². The van der Waals surface area contributed by atoms with Crippen molar-refractivity contribution in [2.45, 2.75) is 38.0 Å². The summed E-state index contributed by atoms with van der Waals surface area (Å²) < 4.78 is 0. The zero-order chi connectivity index (χ0) is 12.3. The number of aliphatic carboxylic acids is 1. The number of carbonyl (C=O) groups excluding carboxylic acids is 1. The van der Waals surface area contributed by atoms with Gasteiger partial charge in [0.05, 0.1) is 6.42 Å². The fraction of sp³-hybridized carbons (Fsp3) is 0.429. The maximum Gasteiger partial charge on any atom is 0.307 e. The highest BCUT2D eigenvalue weighted by molar-refractivity contribution is 5.80. The van der Waals surface area contributed by atoms with E-state index in [1.165, 1.54) is 0 Å². The lowest BCUT2D eigenvalue weighted by Crippen LogP contribution is -2.13. The van der Waals surface area contributed by atoms with Crippen LogP contribution < -0.4 is 0 Å². The van der Waals surface area contributed by atoms with Crippen molar-refractivity contribution in [1.82, 2.24) is 0 Å². The second kappa shape index (κ2) is 5.13. The van der Waals surface area contributed by atoms with Crippen LogP contribution in [0.5, 0.6) is 0 Å². The number of carboxylic acid groups (broad SMARTS) is 1. The normalized spacial score (nSPS) is 20.2. The number of benzene rings is 1. The molecule has 2 rings (SSSR count). The van der Waals surface area contributed by atoms with E-state index in [-0.39, 0.29) is 12.3 Å². The fourth-order valence-corrected chi connectivity index (χ4v) is 2.44. The number of rotatable bonds is 3. The minimum Gasteiger partial charge on any atom is -0.481 e. The molecule has 1 atom stereocenters. The van der Waals surface area contributed by atoms with Crippen molar-refractivity contribution in [3.63, 3.8) is 0 Å². The summed E-state index contributed by atoms with van der Waals surface area (Å²) in [4.78, 5) is 22.1. The zero-order valence-corrected chi connectivity index (χ0v) is 9.69. The SMILES string of the molecule is O=C(O)Cc1cccc(C2CCCC(=O)C2)c1. The minimum absolute atomic E-state index is 0.0501. The van der Waals surface area contributed by atoms with E-state index in [0.29, 0.717) is 18.6 Å². The fourth-order valence-electron chi connectivity index (χ4n) is 2.44. The molecule has 0 heterocycles. The molecule has 3 nitrogen and oxygen atoms in total. The Hall–Kier alpha value is -1.64. The van der Waals surface area contributed by atoms with Crippen LogP contribution in [0.2, 0.25) is 0 Å². The van der Waals surface area contributed by atoms with Crippen LogP contribution in [0.15, 0.2) is 24.3 Å². The first-order valence-corrected chi connectivity index (χ1v) is 5.97. The van der Waals surface area contributed by atoms with Crippen molar-refractivity contribution >= 4 is 11.8 Å². The summed E-state index contributed by atoms with van der Waals surface area (Å²) in [5, 5.41) is 8.76. The van der Waals surface area contributed by atoms with Gasteiger partial charge >= 0.3 is 5.97 Å². The van der Waals surface area contributed by atoms with Crippen molar-refractivity contribution < 1.29 is 14.7 Å². The quantitative estimate of drug-likeness (QED) is 0.871. The van der Waals surface area contributed by atoms with Gasteiger partial charge in [0.15, 0.2) is 0 Å². The lowest BCUT2D eigenvalue weighted by molar-refractivity contribution is -0.136. The van der Waals surface area contributed by atoms with E-state index in [1.54, 1.807) is 0 Å². The Kier molecular flexibility index (Phi) is 3.57. The van der Waals surface area contributed by atoms with Gasteiger partial charge in [-0.05, 0) is 29.9 Å². The van der Waals surface area contributed by atoms with Gasteiger partial charge in [-0.3, -0.25) is 9.59 Å². The highest BCUT2D eigenvalue weighted by Gasteiger charge is 2.21. The summed E-state index contributed by atoms with van der Waals surface area (Å²) in [6, 6.07) is 7.63.